The zero-order chi connectivity index (χ0) is 18.9. The van der Waals surface area contributed by atoms with Gasteiger partial charge in [-0.05, 0) is 100 Å². The topological polar surface area (TPSA) is 74.6 Å². The molecule has 1 aromatic rings. The van der Waals surface area contributed by atoms with Crippen LogP contribution in [0.25, 0.3) is 0 Å². The molecule has 4 heteroatoms. The lowest BCUT2D eigenvalue weighted by Crippen LogP contribution is -2.15. The van der Waals surface area contributed by atoms with Crippen molar-refractivity contribution in [1.82, 2.24) is 0 Å². The Bertz CT molecular complexity index is 711. The Hall–Kier alpha value is -1.84. The minimum Gasteiger partial charge on any atom is -0.481 e. The molecule has 0 saturated heterocycles. The summed E-state index contributed by atoms with van der Waals surface area (Å²) in [4.78, 5) is 22.7. The maximum Gasteiger partial charge on any atom is 0.309 e. The molecule has 2 fully saturated rings. The number of rotatable bonds is 10. The van der Waals surface area contributed by atoms with Crippen LogP contribution in [0.1, 0.15) is 73.6 Å². The molecule has 0 atom stereocenters. The molecule has 0 amide bonds. The van der Waals surface area contributed by atoms with Crippen LogP contribution >= 0.6 is 0 Å². The molecule has 2 saturated carbocycles. The van der Waals surface area contributed by atoms with E-state index in [1.54, 1.807) is 0 Å². The summed E-state index contributed by atoms with van der Waals surface area (Å²) in [7, 11) is 0. The van der Waals surface area contributed by atoms with Crippen LogP contribution in [0.2, 0.25) is 0 Å². The van der Waals surface area contributed by atoms with Gasteiger partial charge < -0.3 is 10.2 Å². The number of hydrogen-bond donors (Lipinski definition) is 2. The normalized spacial score (nSPS) is 19.2. The first-order valence-corrected chi connectivity index (χ1v) is 9.84. The number of carboxylic acids is 2. The van der Waals surface area contributed by atoms with E-state index in [0.717, 1.165) is 64.2 Å². The summed E-state index contributed by atoms with van der Waals surface area (Å²) < 4.78 is 0. The van der Waals surface area contributed by atoms with Crippen molar-refractivity contribution < 1.29 is 19.8 Å². The fraction of sp³-hybridized carbons (Fsp3) is 0.636. The summed E-state index contributed by atoms with van der Waals surface area (Å²) in [6, 6.07) is 4.33. The van der Waals surface area contributed by atoms with Crippen molar-refractivity contribution in [3.8, 4) is 0 Å². The van der Waals surface area contributed by atoms with Gasteiger partial charge in [-0.2, -0.15) is 0 Å². The largest absolute Gasteiger partial charge is 0.481 e. The molecule has 0 unspecified atom stereocenters. The van der Waals surface area contributed by atoms with Crippen molar-refractivity contribution in [1.29, 1.82) is 0 Å². The van der Waals surface area contributed by atoms with E-state index in [9.17, 15) is 19.8 Å². The number of aliphatic carboxylic acids is 2. The number of carbonyl (C=O) groups is 2. The van der Waals surface area contributed by atoms with Crippen molar-refractivity contribution in [2.75, 3.05) is 0 Å². The average Bonchev–Trinajstić information content (AvgIpc) is 3.48. The summed E-state index contributed by atoms with van der Waals surface area (Å²) in [6.07, 6.45) is 8.44. The van der Waals surface area contributed by atoms with E-state index >= 15 is 0 Å². The predicted octanol–water partition coefficient (Wildman–Crippen LogP) is 4.68. The van der Waals surface area contributed by atoms with Gasteiger partial charge in [-0.15, -0.1) is 0 Å². The standard InChI is InChI=1S/C22H30O4/c1-15-7-8-17(5-3-9-21(11-12-21)19(23)24)18(16(15)2)6-4-10-22(13-14-22)20(25)26/h7-8H,3-6,9-14H2,1-2H3,(H,23,24)(H,25,26). The van der Waals surface area contributed by atoms with E-state index < -0.39 is 22.8 Å². The van der Waals surface area contributed by atoms with Gasteiger partial charge in [0.2, 0.25) is 0 Å². The molecule has 0 aliphatic heterocycles. The summed E-state index contributed by atoms with van der Waals surface area (Å²) in [5.74, 6) is -1.27. The molecule has 2 N–H and O–H groups in total. The monoisotopic (exact) mass is 358 g/mol. The fourth-order valence-electron chi connectivity index (χ4n) is 4.18. The zero-order valence-electron chi connectivity index (χ0n) is 15.9. The molecule has 0 radical (unpaired) electrons. The van der Waals surface area contributed by atoms with Crippen molar-refractivity contribution >= 4 is 11.9 Å². The zero-order valence-corrected chi connectivity index (χ0v) is 15.9. The second-order valence-electron chi connectivity index (χ2n) is 8.52. The molecule has 2 aliphatic carbocycles. The minimum atomic E-state index is -0.638. The molecule has 26 heavy (non-hydrogen) atoms. The molecule has 0 heterocycles. The number of hydrogen-bond acceptors (Lipinski definition) is 2. The van der Waals surface area contributed by atoms with Crippen LogP contribution in [-0.2, 0) is 22.4 Å². The van der Waals surface area contributed by atoms with Crippen molar-refractivity contribution in [2.45, 2.75) is 78.1 Å². The third-order valence-corrected chi connectivity index (χ3v) is 6.76. The second-order valence-corrected chi connectivity index (χ2v) is 8.52. The number of carboxylic acid groups (broad SMARTS) is 2. The first kappa shape index (κ1) is 18.9. The average molecular weight is 358 g/mol. The molecular weight excluding hydrogens is 328 g/mol. The first-order chi connectivity index (χ1) is 12.3. The highest BCUT2D eigenvalue weighted by Gasteiger charge is 2.50. The van der Waals surface area contributed by atoms with Crippen LogP contribution in [0.3, 0.4) is 0 Å². The maximum absolute atomic E-state index is 11.4. The number of aryl methyl sites for hydroxylation is 2. The second kappa shape index (κ2) is 7.05. The van der Waals surface area contributed by atoms with Gasteiger partial charge in [0.25, 0.3) is 0 Å². The van der Waals surface area contributed by atoms with Crippen LogP contribution in [0.4, 0.5) is 0 Å². The van der Waals surface area contributed by atoms with E-state index in [1.807, 2.05) is 0 Å². The Morgan fingerprint density at radius 1 is 0.885 bits per heavy atom. The van der Waals surface area contributed by atoms with Crippen LogP contribution in [0.15, 0.2) is 12.1 Å². The Labute approximate surface area is 155 Å². The quantitative estimate of drug-likeness (QED) is 0.637. The molecule has 0 aromatic heterocycles. The van der Waals surface area contributed by atoms with Crippen molar-refractivity contribution in [3.63, 3.8) is 0 Å². The van der Waals surface area contributed by atoms with Crippen LogP contribution in [0, 0.1) is 24.7 Å². The molecule has 2 aliphatic rings. The third kappa shape index (κ3) is 3.79. The molecule has 1 aromatic carbocycles. The summed E-state index contributed by atoms with van der Waals surface area (Å²) in [5, 5.41) is 18.7. The van der Waals surface area contributed by atoms with Crippen LogP contribution in [-0.4, -0.2) is 22.2 Å². The van der Waals surface area contributed by atoms with Gasteiger partial charge in [-0.1, -0.05) is 12.1 Å². The van der Waals surface area contributed by atoms with E-state index in [0.29, 0.717) is 0 Å². The summed E-state index contributed by atoms with van der Waals surface area (Å²) in [5.41, 5.74) is 4.35. The number of benzene rings is 1. The molecule has 3 rings (SSSR count). The lowest BCUT2D eigenvalue weighted by molar-refractivity contribution is -0.144. The molecule has 0 spiro atoms. The Morgan fingerprint density at radius 2 is 1.38 bits per heavy atom. The summed E-state index contributed by atoms with van der Waals surface area (Å²) >= 11 is 0. The maximum atomic E-state index is 11.4. The fourth-order valence-corrected chi connectivity index (χ4v) is 4.18. The highest BCUT2D eigenvalue weighted by atomic mass is 16.4. The van der Waals surface area contributed by atoms with E-state index in [1.165, 1.54) is 22.3 Å². The lowest BCUT2D eigenvalue weighted by Gasteiger charge is -2.17. The van der Waals surface area contributed by atoms with E-state index in [-0.39, 0.29) is 0 Å². The summed E-state index contributed by atoms with van der Waals surface area (Å²) in [6.45, 7) is 4.27. The highest BCUT2D eigenvalue weighted by molar-refractivity contribution is 5.78. The van der Waals surface area contributed by atoms with Gasteiger partial charge in [-0.25, -0.2) is 0 Å². The lowest BCUT2D eigenvalue weighted by atomic mass is 9.88. The smallest absolute Gasteiger partial charge is 0.309 e. The third-order valence-electron chi connectivity index (χ3n) is 6.76. The SMILES string of the molecule is Cc1ccc(CCCC2(C(=O)O)CC2)c(CCCC2(C(=O)O)CC2)c1C. The van der Waals surface area contributed by atoms with Gasteiger partial charge in [0, 0.05) is 0 Å². The van der Waals surface area contributed by atoms with Gasteiger partial charge >= 0.3 is 11.9 Å². The van der Waals surface area contributed by atoms with Crippen molar-refractivity contribution in [2.24, 2.45) is 10.8 Å². The molecule has 4 nitrogen and oxygen atoms in total. The first-order valence-electron chi connectivity index (χ1n) is 9.84. The predicted molar refractivity (Wildman–Crippen MR) is 100 cm³/mol. The van der Waals surface area contributed by atoms with Gasteiger partial charge in [0.05, 0.1) is 10.8 Å². The van der Waals surface area contributed by atoms with Gasteiger partial charge in [0.15, 0.2) is 0 Å². The van der Waals surface area contributed by atoms with E-state index in [4.69, 9.17) is 0 Å². The van der Waals surface area contributed by atoms with Gasteiger partial charge in [-0.3, -0.25) is 9.59 Å². The molecule has 142 valence electrons. The Balaban J connectivity index is 1.61. The van der Waals surface area contributed by atoms with Crippen LogP contribution in [0.5, 0.6) is 0 Å². The Kier molecular flexibility index (Phi) is 5.14. The minimum absolute atomic E-state index is 0.445. The molecular formula is C22H30O4. The highest BCUT2D eigenvalue weighted by Crippen LogP contribution is 2.51. The Morgan fingerprint density at radius 3 is 1.85 bits per heavy atom. The van der Waals surface area contributed by atoms with Crippen molar-refractivity contribution in [3.05, 3.63) is 34.4 Å². The molecule has 0 bridgehead atoms. The van der Waals surface area contributed by atoms with Gasteiger partial charge in [0.1, 0.15) is 0 Å². The van der Waals surface area contributed by atoms with E-state index in [2.05, 4.69) is 26.0 Å². The van der Waals surface area contributed by atoms with Crippen LogP contribution < -0.4 is 0 Å².